The third-order valence-corrected chi connectivity index (χ3v) is 5.41. The number of hydrogen-bond acceptors (Lipinski definition) is 5. The van der Waals surface area contributed by atoms with Crippen molar-refractivity contribution in [2.75, 3.05) is 11.5 Å². The molecule has 0 rings (SSSR count). The van der Waals surface area contributed by atoms with Crippen molar-refractivity contribution in [3.8, 4) is 0 Å². The van der Waals surface area contributed by atoms with E-state index in [0.29, 0.717) is 0 Å². The molecule has 8 nitrogen and oxygen atoms in total. The molecule has 0 aliphatic rings. The highest BCUT2D eigenvalue weighted by Crippen LogP contribution is 2.20. The summed E-state index contributed by atoms with van der Waals surface area (Å²) in [6, 6.07) is -2.73. The Morgan fingerprint density at radius 2 is 1.54 bits per heavy atom. The van der Waals surface area contributed by atoms with E-state index in [1.54, 1.807) is 20.8 Å². The van der Waals surface area contributed by atoms with Gasteiger partial charge in [0.1, 0.15) is 18.1 Å². The minimum Gasteiger partial charge on any atom is -0.480 e. The number of thioether (sulfide) groups is 1. The average Bonchev–Trinajstić information content (AvgIpc) is 2.56. The average molecular weight is 418 g/mol. The molecule has 4 N–H and O–H groups in total. The summed E-state index contributed by atoms with van der Waals surface area (Å²) in [5.74, 6) is -1.61. The van der Waals surface area contributed by atoms with E-state index >= 15 is 0 Å². The predicted molar refractivity (Wildman–Crippen MR) is 111 cm³/mol. The zero-order valence-electron chi connectivity index (χ0n) is 17.9. The standard InChI is InChI=1S/C19H35N3O5S/c1-8-14(23)22-15(11(2)3)17(25)20-12(4)16(24)21-13(18(26)27)9-28-10-19(5,6)7/h11-13,15H,8-10H2,1-7H3,(H,20,25)(H,21,24)(H,22,23)(H,26,27)/t12-,13?,15-/m0/s1. The SMILES string of the molecule is CCC(=O)N[C@H](C(=O)N[C@@H](C)C(=O)NC(CSCC(C)(C)C)C(=O)O)C(C)C. The van der Waals surface area contributed by atoms with Crippen LogP contribution in [0.4, 0.5) is 0 Å². The van der Waals surface area contributed by atoms with Crippen LogP contribution in [-0.2, 0) is 19.2 Å². The van der Waals surface area contributed by atoms with E-state index in [9.17, 15) is 24.3 Å². The van der Waals surface area contributed by atoms with E-state index < -0.39 is 35.9 Å². The third kappa shape index (κ3) is 10.5. The molecule has 0 saturated heterocycles. The predicted octanol–water partition coefficient (Wildman–Crippen LogP) is 1.39. The number of carboxylic acids is 1. The van der Waals surface area contributed by atoms with Crippen molar-refractivity contribution in [1.82, 2.24) is 16.0 Å². The fourth-order valence-electron chi connectivity index (χ4n) is 2.13. The van der Waals surface area contributed by atoms with E-state index in [0.717, 1.165) is 5.75 Å². The highest BCUT2D eigenvalue weighted by Gasteiger charge is 2.28. The number of rotatable bonds is 11. The van der Waals surface area contributed by atoms with Crippen molar-refractivity contribution in [3.05, 3.63) is 0 Å². The number of hydrogen-bond donors (Lipinski definition) is 4. The molecular formula is C19H35N3O5S. The highest BCUT2D eigenvalue weighted by molar-refractivity contribution is 7.99. The molecule has 3 atom stereocenters. The summed E-state index contributed by atoms with van der Waals surface area (Å²) in [5, 5.41) is 17.0. The van der Waals surface area contributed by atoms with Gasteiger partial charge in [0.05, 0.1) is 0 Å². The molecule has 0 saturated carbocycles. The lowest BCUT2D eigenvalue weighted by Crippen LogP contribution is -2.56. The molecule has 0 aromatic heterocycles. The van der Waals surface area contributed by atoms with Crippen LogP contribution in [0.2, 0.25) is 0 Å². The first-order chi connectivity index (χ1) is 12.8. The van der Waals surface area contributed by atoms with Crippen LogP contribution in [0.15, 0.2) is 0 Å². The molecule has 3 amide bonds. The Labute approximate surface area is 172 Å². The van der Waals surface area contributed by atoms with Gasteiger partial charge >= 0.3 is 5.97 Å². The van der Waals surface area contributed by atoms with Crippen LogP contribution in [0.3, 0.4) is 0 Å². The van der Waals surface area contributed by atoms with Crippen molar-refractivity contribution in [2.24, 2.45) is 11.3 Å². The summed E-state index contributed by atoms with van der Waals surface area (Å²) in [5.41, 5.74) is 0.0494. The molecular weight excluding hydrogens is 382 g/mol. The van der Waals surface area contributed by atoms with Crippen molar-refractivity contribution >= 4 is 35.5 Å². The lowest BCUT2D eigenvalue weighted by atomic mass is 10.0. The zero-order valence-corrected chi connectivity index (χ0v) is 18.7. The number of carbonyl (C=O) groups is 4. The number of carbonyl (C=O) groups excluding carboxylic acids is 3. The first kappa shape index (κ1) is 26.2. The van der Waals surface area contributed by atoms with Gasteiger partial charge in [0, 0.05) is 12.2 Å². The summed E-state index contributed by atoms with van der Waals surface area (Å²) < 4.78 is 0. The summed E-state index contributed by atoms with van der Waals surface area (Å²) in [6.07, 6.45) is 0.249. The van der Waals surface area contributed by atoms with Gasteiger partial charge in [-0.2, -0.15) is 11.8 Å². The number of nitrogens with one attached hydrogen (secondary N) is 3. The fourth-order valence-corrected chi connectivity index (χ4v) is 3.33. The minimum atomic E-state index is -1.12. The van der Waals surface area contributed by atoms with Gasteiger partial charge in [-0.15, -0.1) is 0 Å². The Bertz CT molecular complexity index is 560. The third-order valence-electron chi connectivity index (χ3n) is 3.77. The van der Waals surface area contributed by atoms with E-state index in [4.69, 9.17) is 0 Å². The van der Waals surface area contributed by atoms with Crippen molar-refractivity contribution in [1.29, 1.82) is 0 Å². The number of amides is 3. The van der Waals surface area contributed by atoms with Crippen LogP contribution >= 0.6 is 11.8 Å². The van der Waals surface area contributed by atoms with Gasteiger partial charge in [0.25, 0.3) is 0 Å². The Hall–Kier alpha value is -1.77. The van der Waals surface area contributed by atoms with Gasteiger partial charge in [-0.1, -0.05) is 41.5 Å². The summed E-state index contributed by atoms with van der Waals surface area (Å²) in [4.78, 5) is 47.8. The van der Waals surface area contributed by atoms with Crippen LogP contribution in [0.1, 0.15) is 54.9 Å². The second-order valence-corrected chi connectivity index (χ2v) is 9.38. The molecule has 0 heterocycles. The molecule has 0 radical (unpaired) electrons. The first-order valence-corrected chi connectivity index (χ1v) is 10.6. The van der Waals surface area contributed by atoms with Crippen LogP contribution in [-0.4, -0.2) is 58.4 Å². The van der Waals surface area contributed by atoms with E-state index in [1.165, 1.54) is 18.7 Å². The lowest BCUT2D eigenvalue weighted by molar-refractivity contribution is -0.141. The highest BCUT2D eigenvalue weighted by atomic mass is 32.2. The van der Waals surface area contributed by atoms with Gasteiger partial charge in [-0.25, -0.2) is 4.79 Å². The molecule has 162 valence electrons. The zero-order chi connectivity index (χ0) is 22.1. The Morgan fingerprint density at radius 3 is 1.96 bits per heavy atom. The molecule has 0 aliphatic carbocycles. The summed E-state index contributed by atoms with van der Waals surface area (Å²) in [6.45, 7) is 12.9. The fraction of sp³-hybridized carbons (Fsp3) is 0.789. The van der Waals surface area contributed by atoms with Crippen LogP contribution < -0.4 is 16.0 Å². The molecule has 0 spiro atoms. The van der Waals surface area contributed by atoms with Gasteiger partial charge in [0.15, 0.2) is 0 Å². The normalized spacial score (nSPS) is 14.7. The van der Waals surface area contributed by atoms with Gasteiger partial charge in [-0.05, 0) is 24.0 Å². The molecule has 1 unspecified atom stereocenters. The van der Waals surface area contributed by atoms with Crippen LogP contribution in [0.25, 0.3) is 0 Å². The van der Waals surface area contributed by atoms with Crippen molar-refractivity contribution < 1.29 is 24.3 Å². The second kappa shape index (κ2) is 11.9. The molecule has 0 fully saturated rings. The Morgan fingerprint density at radius 1 is 0.964 bits per heavy atom. The largest absolute Gasteiger partial charge is 0.480 e. The quantitative estimate of drug-likeness (QED) is 0.403. The Kier molecular flexibility index (Phi) is 11.2. The molecule has 0 aromatic rings. The number of aliphatic carboxylic acids is 1. The van der Waals surface area contributed by atoms with Crippen LogP contribution in [0, 0.1) is 11.3 Å². The van der Waals surface area contributed by atoms with Crippen molar-refractivity contribution in [3.63, 3.8) is 0 Å². The maximum absolute atomic E-state index is 12.4. The molecule has 28 heavy (non-hydrogen) atoms. The van der Waals surface area contributed by atoms with E-state index in [1.807, 2.05) is 0 Å². The molecule has 9 heteroatoms. The maximum atomic E-state index is 12.4. The lowest BCUT2D eigenvalue weighted by Gasteiger charge is -2.24. The van der Waals surface area contributed by atoms with E-state index in [-0.39, 0.29) is 29.4 Å². The smallest absolute Gasteiger partial charge is 0.327 e. The maximum Gasteiger partial charge on any atom is 0.327 e. The number of carboxylic acid groups (broad SMARTS) is 1. The first-order valence-electron chi connectivity index (χ1n) is 9.49. The van der Waals surface area contributed by atoms with Gasteiger partial charge < -0.3 is 21.1 Å². The summed E-state index contributed by atoms with van der Waals surface area (Å²) in [7, 11) is 0. The van der Waals surface area contributed by atoms with Gasteiger partial charge in [-0.3, -0.25) is 14.4 Å². The molecule has 0 aromatic carbocycles. The second-order valence-electron chi connectivity index (χ2n) is 8.35. The van der Waals surface area contributed by atoms with Crippen molar-refractivity contribution in [2.45, 2.75) is 73.0 Å². The van der Waals surface area contributed by atoms with E-state index in [2.05, 4.69) is 36.7 Å². The molecule has 0 aliphatic heterocycles. The Balaban J connectivity index is 4.81. The minimum absolute atomic E-state index is 0.0494. The van der Waals surface area contributed by atoms with Crippen LogP contribution in [0.5, 0.6) is 0 Å². The van der Waals surface area contributed by atoms with Gasteiger partial charge in [0.2, 0.25) is 17.7 Å². The summed E-state index contributed by atoms with van der Waals surface area (Å²) >= 11 is 1.45. The monoisotopic (exact) mass is 417 g/mol. The topological polar surface area (TPSA) is 125 Å². The molecule has 0 bridgehead atoms.